The van der Waals surface area contributed by atoms with Gasteiger partial charge in [0.15, 0.2) is 0 Å². The molecule has 0 aliphatic heterocycles. The van der Waals surface area contributed by atoms with E-state index in [1.54, 1.807) is 6.07 Å². The highest BCUT2D eigenvalue weighted by atomic mass is 16.5. The summed E-state index contributed by atoms with van der Waals surface area (Å²) in [7, 11) is 1.40. The number of imidazole rings is 1. The third-order valence-electron chi connectivity index (χ3n) is 5.80. The summed E-state index contributed by atoms with van der Waals surface area (Å²) in [6, 6.07) is 23.7. The molecule has 5 heteroatoms. The Balaban J connectivity index is 1.55. The molecule has 0 bridgehead atoms. The lowest BCUT2D eigenvalue weighted by molar-refractivity contribution is 0.0602. The molecule has 1 saturated carbocycles. The van der Waals surface area contributed by atoms with Crippen LogP contribution < -0.4 is 0 Å². The number of para-hydroxylation sites is 1. The van der Waals surface area contributed by atoms with Crippen molar-refractivity contribution in [2.75, 3.05) is 7.11 Å². The molecule has 3 aromatic carbocycles. The van der Waals surface area contributed by atoms with Crippen LogP contribution in [0.3, 0.4) is 0 Å². The van der Waals surface area contributed by atoms with Crippen molar-refractivity contribution < 1.29 is 9.53 Å². The molecular formula is C26H21N3O2. The second kappa shape index (κ2) is 7.73. The van der Waals surface area contributed by atoms with E-state index in [1.807, 2.05) is 48.5 Å². The van der Waals surface area contributed by atoms with E-state index in [2.05, 4.69) is 22.8 Å². The van der Waals surface area contributed by atoms with Crippen molar-refractivity contribution in [1.29, 1.82) is 5.26 Å². The summed E-state index contributed by atoms with van der Waals surface area (Å²) in [4.78, 5) is 17.3. The molecular weight excluding hydrogens is 386 g/mol. The molecule has 1 aliphatic carbocycles. The molecule has 0 N–H and O–H groups in total. The van der Waals surface area contributed by atoms with E-state index in [9.17, 15) is 10.1 Å². The Labute approximate surface area is 180 Å². The Morgan fingerprint density at radius 3 is 2.58 bits per heavy atom. The minimum absolute atomic E-state index is 0.349. The second-order valence-electron chi connectivity index (χ2n) is 7.85. The van der Waals surface area contributed by atoms with Crippen LogP contribution in [0.4, 0.5) is 0 Å². The fourth-order valence-electron chi connectivity index (χ4n) is 4.10. The third-order valence-corrected chi connectivity index (χ3v) is 5.80. The molecule has 0 radical (unpaired) electrons. The van der Waals surface area contributed by atoms with Gasteiger partial charge in [-0.15, -0.1) is 0 Å². The molecule has 5 rings (SSSR count). The fraction of sp³-hybridized carbons (Fsp3) is 0.192. The molecule has 0 atom stereocenters. The summed E-state index contributed by atoms with van der Waals surface area (Å²) in [5.74, 6) is 1.13. The number of methoxy groups -OCH3 is 1. The number of aromatic nitrogens is 2. The van der Waals surface area contributed by atoms with Crippen molar-refractivity contribution >= 4 is 17.0 Å². The number of fused-ring (bicyclic) bond motifs is 1. The summed E-state index contributed by atoms with van der Waals surface area (Å²) in [6.07, 6.45) is 2.25. The van der Waals surface area contributed by atoms with E-state index in [0.717, 1.165) is 46.4 Å². The molecule has 152 valence electrons. The molecule has 0 amide bonds. The number of nitriles is 1. The maximum Gasteiger partial charge on any atom is 0.340 e. The Hall–Kier alpha value is -3.91. The van der Waals surface area contributed by atoms with E-state index in [4.69, 9.17) is 9.72 Å². The first-order valence-electron chi connectivity index (χ1n) is 10.4. The lowest BCUT2D eigenvalue weighted by atomic mass is 9.99. The minimum Gasteiger partial charge on any atom is -0.465 e. The van der Waals surface area contributed by atoms with Gasteiger partial charge in [-0.25, -0.2) is 9.78 Å². The Bertz CT molecular complexity index is 1330. The summed E-state index contributed by atoms with van der Waals surface area (Å²) < 4.78 is 7.18. The zero-order valence-corrected chi connectivity index (χ0v) is 17.2. The molecule has 0 unspecified atom stereocenters. The molecule has 5 nitrogen and oxygen atoms in total. The van der Waals surface area contributed by atoms with Gasteiger partial charge in [0, 0.05) is 12.5 Å². The van der Waals surface area contributed by atoms with Gasteiger partial charge in [0.2, 0.25) is 0 Å². The number of rotatable bonds is 5. The highest BCUT2D eigenvalue weighted by Crippen LogP contribution is 2.41. The van der Waals surface area contributed by atoms with Gasteiger partial charge in [0.25, 0.3) is 0 Å². The molecule has 4 aromatic rings. The number of hydrogen-bond donors (Lipinski definition) is 0. The summed E-state index contributed by atoms with van der Waals surface area (Å²) in [5.41, 5.74) is 5.90. The van der Waals surface area contributed by atoms with E-state index >= 15 is 0 Å². The number of nitrogens with zero attached hydrogens (tertiary/aromatic N) is 3. The number of ether oxygens (including phenoxy) is 1. The van der Waals surface area contributed by atoms with Gasteiger partial charge in [-0.3, -0.25) is 0 Å². The molecule has 31 heavy (non-hydrogen) atoms. The van der Waals surface area contributed by atoms with Crippen molar-refractivity contribution in [3.05, 3.63) is 89.2 Å². The van der Waals surface area contributed by atoms with Crippen LogP contribution in [0.25, 0.3) is 22.2 Å². The molecule has 0 spiro atoms. The Morgan fingerprint density at radius 2 is 1.87 bits per heavy atom. The van der Waals surface area contributed by atoms with Crippen molar-refractivity contribution in [2.45, 2.75) is 25.3 Å². The van der Waals surface area contributed by atoms with Crippen molar-refractivity contribution in [2.24, 2.45) is 0 Å². The SMILES string of the molecule is COC(=O)c1cccc2nc(C3CC3)n(Cc3ccc(-c4ccccc4C#N)cc3)c12. The highest BCUT2D eigenvalue weighted by Gasteiger charge is 2.31. The lowest BCUT2D eigenvalue weighted by Gasteiger charge is -2.12. The van der Waals surface area contributed by atoms with Crippen molar-refractivity contribution in [3.8, 4) is 17.2 Å². The number of benzene rings is 3. The van der Waals surface area contributed by atoms with Crippen LogP contribution in [0.15, 0.2) is 66.7 Å². The first-order chi connectivity index (χ1) is 15.2. The second-order valence-corrected chi connectivity index (χ2v) is 7.85. The normalized spacial score (nSPS) is 13.2. The molecule has 1 fully saturated rings. The van der Waals surface area contributed by atoms with E-state index in [1.165, 1.54) is 7.11 Å². The van der Waals surface area contributed by atoms with Crippen LogP contribution >= 0.6 is 0 Å². The average Bonchev–Trinajstić information content (AvgIpc) is 3.60. The van der Waals surface area contributed by atoms with Gasteiger partial charge in [-0.05, 0) is 47.7 Å². The van der Waals surface area contributed by atoms with Crippen molar-refractivity contribution in [3.63, 3.8) is 0 Å². The maximum absolute atomic E-state index is 12.4. The third kappa shape index (κ3) is 3.47. The summed E-state index contributed by atoms with van der Waals surface area (Å²) in [6.45, 7) is 0.622. The van der Waals surface area contributed by atoms with Gasteiger partial charge in [0.1, 0.15) is 5.82 Å². The standard InChI is InChI=1S/C26H21N3O2/c1-31-26(30)22-7-4-8-23-24(22)29(25(28-23)19-13-14-19)16-17-9-11-18(12-10-17)21-6-3-2-5-20(21)15-27/h2-12,19H,13-14,16H2,1H3. The Kier molecular flexibility index (Phi) is 4.76. The predicted molar refractivity (Wildman–Crippen MR) is 119 cm³/mol. The monoisotopic (exact) mass is 407 g/mol. The summed E-state index contributed by atoms with van der Waals surface area (Å²) >= 11 is 0. The Morgan fingerprint density at radius 1 is 1.10 bits per heavy atom. The first-order valence-corrected chi connectivity index (χ1v) is 10.4. The molecule has 1 aromatic heterocycles. The van der Waals surface area contributed by atoms with Gasteiger partial charge >= 0.3 is 5.97 Å². The van der Waals surface area contributed by atoms with Crippen LogP contribution in [-0.2, 0) is 11.3 Å². The number of carbonyl (C=O) groups excluding carboxylic acids is 1. The smallest absolute Gasteiger partial charge is 0.340 e. The van der Waals surface area contributed by atoms with Crippen molar-refractivity contribution in [1.82, 2.24) is 9.55 Å². The maximum atomic E-state index is 12.4. The van der Waals surface area contributed by atoms with Crippen LogP contribution in [0.2, 0.25) is 0 Å². The number of esters is 1. The molecule has 1 heterocycles. The average molecular weight is 407 g/mol. The topological polar surface area (TPSA) is 67.9 Å². The van der Waals surface area contributed by atoms with Gasteiger partial charge in [-0.2, -0.15) is 5.26 Å². The number of carbonyl (C=O) groups is 1. The van der Waals surface area contributed by atoms with Crippen LogP contribution in [0.1, 0.15) is 46.1 Å². The fourth-order valence-corrected chi connectivity index (χ4v) is 4.10. The summed E-state index contributed by atoms with van der Waals surface area (Å²) in [5, 5.41) is 9.39. The first kappa shape index (κ1) is 19.1. The quantitative estimate of drug-likeness (QED) is 0.422. The predicted octanol–water partition coefficient (Wildman–Crippen LogP) is 5.29. The van der Waals surface area contributed by atoms with Gasteiger partial charge < -0.3 is 9.30 Å². The van der Waals surface area contributed by atoms with E-state index in [-0.39, 0.29) is 5.97 Å². The van der Waals surface area contributed by atoms with Gasteiger partial charge in [0.05, 0.1) is 35.3 Å². The molecule has 1 aliphatic rings. The van der Waals surface area contributed by atoms with Gasteiger partial charge in [-0.1, -0.05) is 48.5 Å². The zero-order valence-electron chi connectivity index (χ0n) is 17.2. The van der Waals surface area contributed by atoms with E-state index < -0.39 is 0 Å². The molecule has 0 saturated heterocycles. The van der Waals surface area contributed by atoms with Crippen LogP contribution in [0.5, 0.6) is 0 Å². The number of hydrogen-bond acceptors (Lipinski definition) is 4. The minimum atomic E-state index is -0.349. The largest absolute Gasteiger partial charge is 0.465 e. The van der Waals surface area contributed by atoms with Crippen LogP contribution in [0, 0.1) is 11.3 Å². The van der Waals surface area contributed by atoms with Crippen LogP contribution in [-0.4, -0.2) is 22.6 Å². The lowest BCUT2D eigenvalue weighted by Crippen LogP contribution is -2.09. The van der Waals surface area contributed by atoms with E-state index in [0.29, 0.717) is 23.6 Å². The zero-order chi connectivity index (χ0) is 21.4. The highest BCUT2D eigenvalue weighted by molar-refractivity contribution is 6.02.